The molecule has 5 heteroatoms. The standard InChI is InChI=1S/C5H11NO2.C5H11NO/c7-5-1-3-6(8)4-2-5;7-6-4-2-1-3-5-6/h5,7-8H,1-4H2;7H,1-5H2. The van der Waals surface area contributed by atoms with Crippen LogP contribution in [0.25, 0.3) is 0 Å². The lowest BCUT2D eigenvalue weighted by Crippen LogP contribution is -2.33. The van der Waals surface area contributed by atoms with Crippen LogP contribution in [0.4, 0.5) is 0 Å². The summed E-state index contributed by atoms with van der Waals surface area (Å²) in [6.45, 7) is 2.97. The van der Waals surface area contributed by atoms with E-state index in [4.69, 9.17) is 15.5 Å². The fraction of sp³-hybridized carbons (Fsp3) is 1.00. The van der Waals surface area contributed by atoms with Gasteiger partial charge in [0.1, 0.15) is 0 Å². The molecule has 2 fully saturated rings. The van der Waals surface area contributed by atoms with Crippen LogP contribution in [0, 0.1) is 0 Å². The molecule has 2 aliphatic heterocycles. The van der Waals surface area contributed by atoms with Crippen molar-refractivity contribution in [3.8, 4) is 0 Å². The number of hydrogen-bond donors (Lipinski definition) is 3. The van der Waals surface area contributed by atoms with Gasteiger partial charge in [0.25, 0.3) is 0 Å². The fourth-order valence-corrected chi connectivity index (χ4v) is 1.73. The molecule has 0 aliphatic carbocycles. The molecule has 3 N–H and O–H groups in total. The molecule has 0 atom stereocenters. The molecule has 0 bridgehead atoms. The molecular formula is C10H22N2O3. The van der Waals surface area contributed by atoms with Crippen LogP contribution in [0.1, 0.15) is 32.1 Å². The highest BCUT2D eigenvalue weighted by Crippen LogP contribution is 2.06. The maximum Gasteiger partial charge on any atom is 0.0566 e. The Morgan fingerprint density at radius 1 is 0.733 bits per heavy atom. The summed E-state index contributed by atoms with van der Waals surface area (Å²) in [5, 5.41) is 29.0. The van der Waals surface area contributed by atoms with Gasteiger partial charge in [-0.3, -0.25) is 0 Å². The molecule has 90 valence electrons. The molecule has 5 nitrogen and oxygen atoms in total. The van der Waals surface area contributed by atoms with Gasteiger partial charge in [-0.05, 0) is 25.7 Å². The van der Waals surface area contributed by atoms with Crippen molar-refractivity contribution in [1.29, 1.82) is 0 Å². The maximum absolute atomic E-state index is 8.89. The van der Waals surface area contributed by atoms with Gasteiger partial charge in [0.2, 0.25) is 0 Å². The van der Waals surface area contributed by atoms with Crippen LogP contribution in [0.3, 0.4) is 0 Å². The summed E-state index contributed by atoms with van der Waals surface area (Å²) < 4.78 is 0. The summed E-state index contributed by atoms with van der Waals surface area (Å²) in [6, 6.07) is 0. The molecule has 0 aromatic rings. The lowest BCUT2D eigenvalue weighted by molar-refractivity contribution is -0.121. The Bertz CT molecular complexity index is 145. The normalized spacial score (nSPS) is 25.8. The van der Waals surface area contributed by atoms with Crippen molar-refractivity contribution < 1.29 is 15.5 Å². The van der Waals surface area contributed by atoms with Crippen molar-refractivity contribution in [2.75, 3.05) is 26.2 Å². The fourth-order valence-electron chi connectivity index (χ4n) is 1.73. The number of nitrogens with zero attached hydrogens (tertiary/aromatic N) is 2. The average Bonchev–Trinajstić information content (AvgIpc) is 2.25. The summed E-state index contributed by atoms with van der Waals surface area (Å²) >= 11 is 0. The average molecular weight is 218 g/mol. The zero-order valence-electron chi connectivity index (χ0n) is 9.18. The van der Waals surface area contributed by atoms with Crippen LogP contribution in [-0.2, 0) is 0 Å². The second-order valence-corrected chi connectivity index (χ2v) is 4.20. The molecule has 0 unspecified atom stereocenters. The van der Waals surface area contributed by atoms with Crippen molar-refractivity contribution in [2.24, 2.45) is 0 Å². The molecule has 15 heavy (non-hydrogen) atoms. The predicted molar refractivity (Wildman–Crippen MR) is 55.8 cm³/mol. The van der Waals surface area contributed by atoms with Gasteiger partial charge in [-0.2, -0.15) is 10.1 Å². The van der Waals surface area contributed by atoms with Crippen molar-refractivity contribution in [1.82, 2.24) is 10.1 Å². The van der Waals surface area contributed by atoms with E-state index in [9.17, 15) is 0 Å². The number of aliphatic hydroxyl groups is 1. The van der Waals surface area contributed by atoms with Gasteiger partial charge >= 0.3 is 0 Å². The first kappa shape index (κ1) is 12.9. The summed E-state index contributed by atoms with van der Waals surface area (Å²) in [4.78, 5) is 0. The lowest BCUT2D eigenvalue weighted by atomic mass is 10.1. The van der Waals surface area contributed by atoms with Crippen LogP contribution in [-0.4, -0.2) is 57.9 Å². The number of piperidine rings is 2. The molecular weight excluding hydrogens is 196 g/mol. The van der Waals surface area contributed by atoms with Gasteiger partial charge in [0.15, 0.2) is 0 Å². The molecule has 2 saturated heterocycles. The van der Waals surface area contributed by atoms with Crippen LogP contribution in [0.15, 0.2) is 0 Å². The SMILES string of the molecule is OC1CCN(O)CC1.ON1CCCCC1. The van der Waals surface area contributed by atoms with E-state index in [1.165, 1.54) is 16.5 Å². The van der Waals surface area contributed by atoms with Crippen LogP contribution in [0.5, 0.6) is 0 Å². The highest BCUT2D eigenvalue weighted by atomic mass is 16.5. The summed E-state index contributed by atoms with van der Waals surface area (Å²) in [5.74, 6) is 0. The Balaban J connectivity index is 0.000000151. The lowest BCUT2D eigenvalue weighted by Gasteiger charge is -2.23. The predicted octanol–water partition coefficient (Wildman–Crippen LogP) is 0.694. The Kier molecular flexibility index (Phi) is 6.12. The minimum Gasteiger partial charge on any atom is -0.393 e. The van der Waals surface area contributed by atoms with E-state index in [1.54, 1.807) is 0 Å². The second-order valence-electron chi connectivity index (χ2n) is 4.20. The Morgan fingerprint density at radius 2 is 1.20 bits per heavy atom. The monoisotopic (exact) mass is 218 g/mol. The van der Waals surface area contributed by atoms with Gasteiger partial charge in [-0.15, -0.1) is 0 Å². The van der Waals surface area contributed by atoms with E-state index >= 15 is 0 Å². The third-order valence-electron chi connectivity index (χ3n) is 2.77. The van der Waals surface area contributed by atoms with Crippen LogP contribution >= 0.6 is 0 Å². The maximum atomic E-state index is 8.89. The summed E-state index contributed by atoms with van der Waals surface area (Å²) in [5.41, 5.74) is 0. The third kappa shape index (κ3) is 6.06. The van der Waals surface area contributed by atoms with E-state index in [2.05, 4.69) is 0 Å². The molecule has 0 amide bonds. The molecule has 0 saturated carbocycles. The second kappa shape index (κ2) is 7.14. The number of hydrogen-bond acceptors (Lipinski definition) is 5. The van der Waals surface area contributed by atoms with E-state index in [1.807, 2.05) is 0 Å². The molecule has 2 heterocycles. The molecule has 0 aromatic heterocycles. The first-order chi connectivity index (χ1) is 7.18. The molecule has 0 radical (unpaired) electrons. The smallest absolute Gasteiger partial charge is 0.0566 e. The first-order valence-electron chi connectivity index (χ1n) is 5.74. The van der Waals surface area contributed by atoms with Crippen LogP contribution in [0.2, 0.25) is 0 Å². The van der Waals surface area contributed by atoms with E-state index in [0.717, 1.165) is 25.9 Å². The highest BCUT2D eigenvalue weighted by Gasteiger charge is 2.13. The van der Waals surface area contributed by atoms with Gasteiger partial charge in [-0.1, -0.05) is 6.42 Å². The Morgan fingerprint density at radius 3 is 1.53 bits per heavy atom. The van der Waals surface area contributed by atoms with Crippen molar-refractivity contribution >= 4 is 0 Å². The molecule has 2 aliphatic rings. The quantitative estimate of drug-likeness (QED) is 0.558. The number of aliphatic hydroxyl groups excluding tert-OH is 1. The molecule has 0 spiro atoms. The number of rotatable bonds is 0. The van der Waals surface area contributed by atoms with E-state index < -0.39 is 0 Å². The first-order valence-corrected chi connectivity index (χ1v) is 5.74. The molecule has 0 aromatic carbocycles. The minimum absolute atomic E-state index is 0.182. The zero-order chi connectivity index (χ0) is 11.1. The van der Waals surface area contributed by atoms with E-state index in [0.29, 0.717) is 25.9 Å². The molecule has 2 rings (SSSR count). The summed E-state index contributed by atoms with van der Waals surface area (Å²) in [7, 11) is 0. The highest BCUT2D eigenvalue weighted by molar-refractivity contribution is 4.64. The van der Waals surface area contributed by atoms with Gasteiger partial charge in [0.05, 0.1) is 6.10 Å². The number of hydroxylamine groups is 4. The van der Waals surface area contributed by atoms with E-state index in [-0.39, 0.29) is 6.10 Å². The van der Waals surface area contributed by atoms with Crippen molar-refractivity contribution in [2.45, 2.75) is 38.2 Å². The topological polar surface area (TPSA) is 67.2 Å². The van der Waals surface area contributed by atoms with Crippen molar-refractivity contribution in [3.05, 3.63) is 0 Å². The van der Waals surface area contributed by atoms with Gasteiger partial charge in [-0.25, -0.2) is 0 Å². The minimum atomic E-state index is -0.182. The Labute approximate surface area is 90.8 Å². The largest absolute Gasteiger partial charge is 0.393 e. The summed E-state index contributed by atoms with van der Waals surface area (Å²) in [6.07, 6.45) is 4.84. The zero-order valence-corrected chi connectivity index (χ0v) is 9.18. The third-order valence-corrected chi connectivity index (χ3v) is 2.77. The van der Waals surface area contributed by atoms with Gasteiger partial charge < -0.3 is 15.5 Å². The van der Waals surface area contributed by atoms with Crippen LogP contribution < -0.4 is 0 Å². The Hall–Kier alpha value is -0.200. The van der Waals surface area contributed by atoms with Crippen molar-refractivity contribution in [3.63, 3.8) is 0 Å². The van der Waals surface area contributed by atoms with Gasteiger partial charge in [0, 0.05) is 26.2 Å².